The Morgan fingerprint density at radius 3 is 2.39 bits per heavy atom. The van der Waals surface area contributed by atoms with E-state index in [1.165, 1.54) is 18.5 Å². The van der Waals surface area contributed by atoms with Crippen LogP contribution in [-0.2, 0) is 4.79 Å². The van der Waals surface area contributed by atoms with Gasteiger partial charge in [0.1, 0.15) is 5.75 Å². The molecular weight excluding hydrogens is 384 g/mol. The molecule has 0 radical (unpaired) electrons. The molecule has 3 aromatic rings. The van der Waals surface area contributed by atoms with Gasteiger partial charge >= 0.3 is 0 Å². The van der Waals surface area contributed by atoms with Crippen LogP contribution in [0.15, 0.2) is 66.7 Å². The second-order valence-electron chi connectivity index (χ2n) is 8.73. The average molecular weight is 417 g/mol. The minimum absolute atomic E-state index is 0.0819. The highest BCUT2D eigenvalue weighted by molar-refractivity contribution is 5.89. The summed E-state index contributed by atoms with van der Waals surface area (Å²) in [5.74, 6) is 1.44. The van der Waals surface area contributed by atoms with E-state index in [2.05, 4.69) is 41.4 Å². The number of hydrogen-bond acceptors (Lipinski definition) is 3. The monoisotopic (exact) mass is 416 g/mol. The normalized spacial score (nSPS) is 16.7. The lowest BCUT2D eigenvalue weighted by molar-refractivity contribution is -0.127. The predicted octanol–water partition coefficient (Wildman–Crippen LogP) is 5.72. The highest BCUT2D eigenvalue weighted by Crippen LogP contribution is 2.27. The lowest BCUT2D eigenvalue weighted by Crippen LogP contribution is -2.37. The highest BCUT2D eigenvalue weighted by atomic mass is 16.5. The summed E-state index contributed by atoms with van der Waals surface area (Å²) in [5, 5.41) is 5.21. The summed E-state index contributed by atoms with van der Waals surface area (Å²) in [6, 6.07) is 22.5. The van der Waals surface area contributed by atoms with E-state index in [0.717, 1.165) is 41.1 Å². The maximum Gasteiger partial charge on any atom is 0.261 e. The molecule has 31 heavy (non-hydrogen) atoms. The van der Waals surface area contributed by atoms with Crippen molar-refractivity contribution in [2.45, 2.75) is 45.8 Å². The minimum Gasteiger partial charge on any atom is -0.480 e. The molecule has 1 fully saturated rings. The number of benzene rings is 3. The van der Waals surface area contributed by atoms with E-state index in [0.29, 0.717) is 0 Å². The van der Waals surface area contributed by atoms with Gasteiger partial charge in [-0.25, -0.2) is 0 Å². The SMILES string of the molecule is CC1CCN(c2ccc([C@@H](C)NC(=O)[C@H](C)Oc3cccc4ccccc34)cc2)CC1. The fourth-order valence-electron chi connectivity index (χ4n) is 4.20. The first-order valence-corrected chi connectivity index (χ1v) is 11.3. The fourth-order valence-corrected chi connectivity index (χ4v) is 4.20. The maximum absolute atomic E-state index is 12.8. The standard InChI is InChI=1S/C27H32N2O2/c1-19-15-17-29(18-16-19)24-13-11-22(12-14-24)20(2)28-27(30)21(3)31-26-10-6-8-23-7-4-5-9-25(23)26/h4-14,19-21H,15-18H2,1-3H3,(H,28,30)/t20-,21+/m1/s1. The summed E-state index contributed by atoms with van der Waals surface area (Å²) in [7, 11) is 0. The van der Waals surface area contributed by atoms with Crippen molar-refractivity contribution < 1.29 is 9.53 Å². The number of nitrogens with one attached hydrogen (secondary N) is 1. The maximum atomic E-state index is 12.8. The van der Waals surface area contributed by atoms with Gasteiger partial charge in [-0.15, -0.1) is 0 Å². The summed E-state index contributed by atoms with van der Waals surface area (Å²) in [6.45, 7) is 8.38. The van der Waals surface area contributed by atoms with Gasteiger partial charge in [-0.3, -0.25) is 4.79 Å². The molecule has 1 aliphatic heterocycles. The summed E-state index contributed by atoms with van der Waals surface area (Å²) in [4.78, 5) is 15.2. The zero-order valence-corrected chi connectivity index (χ0v) is 18.7. The molecule has 0 aliphatic carbocycles. The summed E-state index contributed by atoms with van der Waals surface area (Å²) in [5.41, 5.74) is 2.36. The molecule has 1 saturated heterocycles. The molecule has 2 atom stereocenters. The molecule has 162 valence electrons. The lowest BCUT2D eigenvalue weighted by Gasteiger charge is -2.32. The van der Waals surface area contributed by atoms with E-state index in [4.69, 9.17) is 4.74 Å². The van der Waals surface area contributed by atoms with Crippen molar-refractivity contribution in [2.24, 2.45) is 5.92 Å². The van der Waals surface area contributed by atoms with Gasteiger partial charge in [0.05, 0.1) is 6.04 Å². The number of nitrogens with zero attached hydrogens (tertiary/aromatic N) is 1. The molecule has 0 saturated carbocycles. The largest absolute Gasteiger partial charge is 0.480 e. The smallest absolute Gasteiger partial charge is 0.261 e. The van der Waals surface area contributed by atoms with Crippen molar-refractivity contribution in [1.29, 1.82) is 0 Å². The Bertz CT molecular complexity index is 1020. The molecule has 0 spiro atoms. The van der Waals surface area contributed by atoms with Crippen molar-refractivity contribution in [2.75, 3.05) is 18.0 Å². The zero-order chi connectivity index (χ0) is 21.8. The molecule has 0 aromatic heterocycles. The number of anilines is 1. The van der Waals surface area contributed by atoms with Crippen LogP contribution in [0.25, 0.3) is 10.8 Å². The van der Waals surface area contributed by atoms with Gasteiger partial charge in [0.15, 0.2) is 6.10 Å². The number of rotatable bonds is 6. The third-order valence-electron chi connectivity index (χ3n) is 6.32. The zero-order valence-electron chi connectivity index (χ0n) is 18.7. The van der Waals surface area contributed by atoms with Crippen LogP contribution in [0.4, 0.5) is 5.69 Å². The van der Waals surface area contributed by atoms with Gasteiger partial charge in [-0.05, 0) is 61.8 Å². The Morgan fingerprint density at radius 1 is 0.968 bits per heavy atom. The third kappa shape index (κ3) is 5.01. The number of amides is 1. The van der Waals surface area contributed by atoms with Gasteiger partial charge in [-0.2, -0.15) is 0 Å². The first-order valence-electron chi connectivity index (χ1n) is 11.3. The molecular formula is C27H32N2O2. The Hall–Kier alpha value is -3.01. The number of fused-ring (bicyclic) bond motifs is 1. The van der Waals surface area contributed by atoms with E-state index in [-0.39, 0.29) is 11.9 Å². The van der Waals surface area contributed by atoms with Crippen LogP contribution in [0.2, 0.25) is 0 Å². The number of carbonyl (C=O) groups is 1. The number of hydrogen-bond donors (Lipinski definition) is 1. The molecule has 4 heteroatoms. The second kappa shape index (κ2) is 9.42. The number of ether oxygens (including phenoxy) is 1. The van der Waals surface area contributed by atoms with Crippen molar-refractivity contribution in [3.8, 4) is 5.75 Å². The molecule has 1 heterocycles. The van der Waals surface area contributed by atoms with Crippen molar-refractivity contribution in [3.05, 3.63) is 72.3 Å². The van der Waals surface area contributed by atoms with Gasteiger partial charge in [0.2, 0.25) is 0 Å². The van der Waals surface area contributed by atoms with Gasteiger partial charge in [-0.1, -0.05) is 55.5 Å². The fraction of sp³-hybridized carbons (Fsp3) is 0.370. The Morgan fingerprint density at radius 2 is 1.65 bits per heavy atom. The molecule has 4 rings (SSSR count). The van der Waals surface area contributed by atoms with Gasteiger partial charge in [0.25, 0.3) is 5.91 Å². The van der Waals surface area contributed by atoms with E-state index < -0.39 is 6.10 Å². The van der Waals surface area contributed by atoms with Crippen molar-refractivity contribution >= 4 is 22.4 Å². The molecule has 3 aromatic carbocycles. The second-order valence-corrected chi connectivity index (χ2v) is 8.73. The molecule has 4 nitrogen and oxygen atoms in total. The van der Waals surface area contributed by atoms with Crippen molar-refractivity contribution in [3.63, 3.8) is 0 Å². The van der Waals surface area contributed by atoms with Crippen LogP contribution >= 0.6 is 0 Å². The first-order chi connectivity index (χ1) is 15.0. The van der Waals surface area contributed by atoms with Crippen LogP contribution in [-0.4, -0.2) is 25.1 Å². The van der Waals surface area contributed by atoms with E-state index in [9.17, 15) is 4.79 Å². The molecule has 0 unspecified atom stereocenters. The lowest BCUT2D eigenvalue weighted by atomic mass is 9.98. The quantitative estimate of drug-likeness (QED) is 0.559. The van der Waals surface area contributed by atoms with Crippen LogP contribution in [0.1, 0.15) is 45.2 Å². The van der Waals surface area contributed by atoms with Crippen LogP contribution < -0.4 is 15.0 Å². The van der Waals surface area contributed by atoms with Crippen LogP contribution in [0, 0.1) is 5.92 Å². The Balaban J connectivity index is 1.36. The Kier molecular flexibility index (Phi) is 6.45. The summed E-state index contributed by atoms with van der Waals surface area (Å²) < 4.78 is 6.01. The van der Waals surface area contributed by atoms with E-state index >= 15 is 0 Å². The number of carbonyl (C=O) groups excluding carboxylic acids is 1. The summed E-state index contributed by atoms with van der Waals surface area (Å²) >= 11 is 0. The molecule has 1 N–H and O–H groups in total. The molecule has 1 aliphatic rings. The van der Waals surface area contributed by atoms with Crippen molar-refractivity contribution in [1.82, 2.24) is 5.32 Å². The van der Waals surface area contributed by atoms with Gasteiger partial charge < -0.3 is 15.0 Å². The predicted molar refractivity (Wildman–Crippen MR) is 128 cm³/mol. The van der Waals surface area contributed by atoms with Crippen LogP contribution in [0.5, 0.6) is 5.75 Å². The minimum atomic E-state index is -0.581. The number of piperidine rings is 1. The molecule has 0 bridgehead atoms. The van der Waals surface area contributed by atoms with Gasteiger partial charge in [0, 0.05) is 24.2 Å². The summed E-state index contributed by atoms with van der Waals surface area (Å²) in [6.07, 6.45) is 1.92. The van der Waals surface area contributed by atoms with Crippen LogP contribution in [0.3, 0.4) is 0 Å². The average Bonchev–Trinajstić information content (AvgIpc) is 2.80. The van der Waals surface area contributed by atoms with E-state index in [1.807, 2.05) is 49.4 Å². The highest BCUT2D eigenvalue weighted by Gasteiger charge is 2.20. The topological polar surface area (TPSA) is 41.6 Å². The van der Waals surface area contributed by atoms with E-state index in [1.54, 1.807) is 6.92 Å². The molecule has 1 amide bonds. The first kappa shape index (κ1) is 21.2. The Labute approximate surface area is 185 Å². The third-order valence-corrected chi connectivity index (χ3v) is 6.32.